The maximum absolute atomic E-state index is 11.4. The van der Waals surface area contributed by atoms with Gasteiger partial charge in [-0.2, -0.15) is 0 Å². The maximum atomic E-state index is 11.4. The topological polar surface area (TPSA) is 76.3 Å². The summed E-state index contributed by atoms with van der Waals surface area (Å²) in [6.45, 7) is 1.66. The van der Waals surface area contributed by atoms with Crippen LogP contribution in [0.15, 0.2) is 6.20 Å². The molecule has 1 fully saturated rings. The third-order valence-electron chi connectivity index (χ3n) is 2.79. The number of carbonyl (C=O) groups is 2. The fourth-order valence-corrected chi connectivity index (χ4v) is 2.71. The number of amides is 2. The van der Waals surface area contributed by atoms with E-state index in [1.54, 1.807) is 0 Å². The summed E-state index contributed by atoms with van der Waals surface area (Å²) in [7, 11) is 0. The number of nitrogens with zero attached hydrogens (tertiary/aromatic N) is 2. The van der Waals surface area contributed by atoms with Crippen molar-refractivity contribution in [3.8, 4) is 0 Å². The first-order valence-corrected chi connectivity index (χ1v) is 6.51. The van der Waals surface area contributed by atoms with E-state index in [0.29, 0.717) is 11.3 Å². The van der Waals surface area contributed by atoms with Gasteiger partial charge in [-0.15, -0.1) is 23.7 Å². The number of thiazole rings is 1. The minimum Gasteiger partial charge on any atom is -0.365 e. The fourth-order valence-electron chi connectivity index (χ4n) is 1.90. The molecule has 0 aliphatic carbocycles. The smallest absolute Gasteiger partial charge is 0.260 e. The molecule has 100 valence electrons. The second kappa shape index (κ2) is 6.70. The maximum Gasteiger partial charge on any atom is 0.260 e. The molecule has 0 atom stereocenters. The van der Waals surface area contributed by atoms with Crippen LogP contribution in [-0.4, -0.2) is 34.8 Å². The average Bonchev–Trinajstić information content (AvgIpc) is 2.89. The largest absolute Gasteiger partial charge is 0.365 e. The van der Waals surface area contributed by atoms with E-state index in [1.165, 1.54) is 17.5 Å². The Morgan fingerprint density at radius 2 is 2.33 bits per heavy atom. The van der Waals surface area contributed by atoms with E-state index < -0.39 is 5.91 Å². The van der Waals surface area contributed by atoms with Gasteiger partial charge in [0.2, 0.25) is 5.91 Å². The minimum atomic E-state index is -0.427. The summed E-state index contributed by atoms with van der Waals surface area (Å²) in [4.78, 5) is 28.8. The Kier molecular flexibility index (Phi) is 5.55. The Hall–Kier alpha value is -1.14. The lowest BCUT2D eigenvalue weighted by atomic mass is 10.3. The average molecular weight is 290 g/mol. The first kappa shape index (κ1) is 14.9. The number of aryl methyl sites for hydroxylation is 1. The van der Waals surface area contributed by atoms with Crippen LogP contribution < -0.4 is 5.73 Å². The van der Waals surface area contributed by atoms with Crippen molar-refractivity contribution in [2.45, 2.75) is 25.7 Å². The van der Waals surface area contributed by atoms with Crippen LogP contribution in [0.25, 0.3) is 0 Å². The zero-order valence-electron chi connectivity index (χ0n) is 9.92. The molecule has 1 aliphatic heterocycles. The second-order valence-electron chi connectivity index (χ2n) is 4.07. The molecular weight excluding hydrogens is 274 g/mol. The molecule has 0 spiro atoms. The number of carbonyl (C=O) groups excluding carboxylic acids is 2. The molecule has 1 aromatic rings. The van der Waals surface area contributed by atoms with Crippen molar-refractivity contribution in [1.82, 2.24) is 9.88 Å². The van der Waals surface area contributed by atoms with Crippen LogP contribution in [0.5, 0.6) is 0 Å². The van der Waals surface area contributed by atoms with E-state index >= 15 is 0 Å². The van der Waals surface area contributed by atoms with Gasteiger partial charge in [-0.05, 0) is 12.8 Å². The van der Waals surface area contributed by atoms with E-state index in [4.69, 9.17) is 5.73 Å². The van der Waals surface area contributed by atoms with Crippen LogP contribution in [0, 0.1) is 0 Å². The van der Waals surface area contributed by atoms with E-state index in [9.17, 15) is 9.59 Å². The van der Waals surface area contributed by atoms with Gasteiger partial charge in [0.15, 0.2) is 0 Å². The molecule has 0 aromatic carbocycles. The molecule has 0 unspecified atom stereocenters. The highest BCUT2D eigenvalue weighted by molar-refractivity contribution is 7.13. The number of hydrogen-bond donors (Lipinski definition) is 1. The predicted octanol–water partition coefficient (Wildman–Crippen LogP) is 1.22. The number of primary amides is 1. The number of nitrogens with two attached hydrogens (primary N) is 1. The minimum absolute atomic E-state index is 0. The number of rotatable bonds is 5. The number of aromatic nitrogens is 1. The van der Waals surface area contributed by atoms with Gasteiger partial charge in [-0.3, -0.25) is 9.59 Å². The van der Waals surface area contributed by atoms with Crippen LogP contribution in [-0.2, 0) is 11.2 Å². The number of likely N-dealkylation sites (tertiary alicyclic amines) is 1. The lowest BCUT2D eigenvalue weighted by Gasteiger charge is -2.14. The highest BCUT2D eigenvalue weighted by atomic mass is 35.5. The monoisotopic (exact) mass is 289 g/mol. The van der Waals surface area contributed by atoms with Crippen LogP contribution in [0.2, 0.25) is 0 Å². The number of hydrogen-bond acceptors (Lipinski definition) is 4. The standard InChI is InChI=1S/C11H15N3O2S.ClH/c12-11(16)8-7-13-9(17-8)3-1-5-14-6-2-4-10(14)15;/h7H,1-6H2,(H2,12,16);1H. The Balaban J connectivity index is 0.00000162. The Labute approximate surface area is 116 Å². The summed E-state index contributed by atoms with van der Waals surface area (Å²) in [6.07, 6.45) is 4.85. The fraction of sp³-hybridized carbons (Fsp3) is 0.545. The molecule has 2 N–H and O–H groups in total. The zero-order valence-corrected chi connectivity index (χ0v) is 11.6. The molecule has 7 heteroatoms. The highest BCUT2D eigenvalue weighted by Gasteiger charge is 2.19. The lowest BCUT2D eigenvalue weighted by Crippen LogP contribution is -2.25. The van der Waals surface area contributed by atoms with Gasteiger partial charge < -0.3 is 10.6 Å². The second-order valence-corrected chi connectivity index (χ2v) is 5.19. The van der Waals surface area contributed by atoms with Crippen LogP contribution in [0.4, 0.5) is 0 Å². The van der Waals surface area contributed by atoms with Gasteiger partial charge in [0, 0.05) is 25.9 Å². The Bertz CT molecular complexity index is 436. The van der Waals surface area contributed by atoms with Gasteiger partial charge in [0.1, 0.15) is 4.88 Å². The normalized spacial score (nSPS) is 14.7. The van der Waals surface area contributed by atoms with Crippen molar-refractivity contribution >= 4 is 35.6 Å². The summed E-state index contributed by atoms with van der Waals surface area (Å²) < 4.78 is 0. The van der Waals surface area contributed by atoms with Gasteiger partial charge in [-0.1, -0.05) is 0 Å². The van der Waals surface area contributed by atoms with E-state index in [-0.39, 0.29) is 18.3 Å². The van der Waals surface area contributed by atoms with Crippen molar-refractivity contribution in [2.24, 2.45) is 5.73 Å². The number of halogens is 1. The summed E-state index contributed by atoms with van der Waals surface area (Å²) >= 11 is 1.34. The van der Waals surface area contributed by atoms with Crippen molar-refractivity contribution in [3.63, 3.8) is 0 Å². The predicted molar refractivity (Wildman–Crippen MR) is 72.0 cm³/mol. The van der Waals surface area contributed by atoms with Crippen LogP contribution in [0.1, 0.15) is 33.9 Å². The van der Waals surface area contributed by atoms with Gasteiger partial charge in [-0.25, -0.2) is 4.98 Å². The van der Waals surface area contributed by atoms with Crippen LogP contribution in [0.3, 0.4) is 0 Å². The summed E-state index contributed by atoms with van der Waals surface area (Å²) in [5, 5.41) is 0.908. The zero-order chi connectivity index (χ0) is 12.3. The Morgan fingerprint density at radius 3 is 2.89 bits per heavy atom. The SMILES string of the molecule is Cl.NC(=O)c1cnc(CCCN2CCCC2=O)s1. The quantitative estimate of drug-likeness (QED) is 0.885. The van der Waals surface area contributed by atoms with Crippen molar-refractivity contribution in [2.75, 3.05) is 13.1 Å². The molecule has 5 nitrogen and oxygen atoms in total. The van der Waals surface area contributed by atoms with E-state index in [0.717, 1.165) is 37.4 Å². The molecule has 2 amide bonds. The summed E-state index contributed by atoms with van der Waals surface area (Å²) in [6, 6.07) is 0. The molecule has 0 radical (unpaired) electrons. The molecule has 2 rings (SSSR count). The Morgan fingerprint density at radius 1 is 1.56 bits per heavy atom. The third kappa shape index (κ3) is 3.68. The first-order chi connectivity index (χ1) is 8.16. The summed E-state index contributed by atoms with van der Waals surface area (Å²) in [5.74, 6) is -0.176. The van der Waals surface area contributed by atoms with E-state index in [1.807, 2.05) is 4.90 Å². The summed E-state index contributed by atoms with van der Waals surface area (Å²) in [5.41, 5.74) is 5.15. The van der Waals surface area contributed by atoms with Crippen LogP contribution >= 0.6 is 23.7 Å². The van der Waals surface area contributed by atoms with Gasteiger partial charge >= 0.3 is 0 Å². The molecule has 1 saturated heterocycles. The van der Waals surface area contributed by atoms with Crippen molar-refractivity contribution in [1.29, 1.82) is 0 Å². The van der Waals surface area contributed by atoms with Gasteiger partial charge in [0.05, 0.1) is 11.2 Å². The lowest BCUT2D eigenvalue weighted by molar-refractivity contribution is -0.127. The van der Waals surface area contributed by atoms with Crippen molar-refractivity contribution in [3.05, 3.63) is 16.1 Å². The molecule has 0 bridgehead atoms. The molecule has 2 heterocycles. The third-order valence-corrected chi connectivity index (χ3v) is 3.86. The molecule has 18 heavy (non-hydrogen) atoms. The molecule has 1 aromatic heterocycles. The first-order valence-electron chi connectivity index (χ1n) is 5.69. The molecule has 1 aliphatic rings. The molecule has 0 saturated carbocycles. The van der Waals surface area contributed by atoms with Gasteiger partial charge in [0.25, 0.3) is 5.91 Å². The highest BCUT2D eigenvalue weighted by Crippen LogP contribution is 2.15. The van der Waals surface area contributed by atoms with E-state index in [2.05, 4.69) is 4.98 Å². The molecular formula is C11H16ClN3O2S. The van der Waals surface area contributed by atoms with Crippen molar-refractivity contribution < 1.29 is 9.59 Å².